The highest BCUT2D eigenvalue weighted by atomic mass is 16.2. The Hall–Kier alpha value is -1.14. The molecule has 106 valence electrons. The molecule has 3 N–H and O–H groups in total. The molecule has 0 aromatic heterocycles. The number of hydrogen-bond acceptors (Lipinski definition) is 4. The predicted octanol–water partition coefficient (Wildman–Crippen LogP) is -0.484. The van der Waals surface area contributed by atoms with Crippen molar-refractivity contribution in [1.82, 2.24) is 20.9 Å². The van der Waals surface area contributed by atoms with Crippen molar-refractivity contribution in [2.75, 3.05) is 32.7 Å². The lowest BCUT2D eigenvalue weighted by Gasteiger charge is -2.33. The minimum atomic E-state index is -0.343. The molecular weight excluding hydrogens is 244 g/mol. The summed E-state index contributed by atoms with van der Waals surface area (Å²) in [5, 5.41) is 8.58. The van der Waals surface area contributed by atoms with Crippen molar-refractivity contribution >= 4 is 11.9 Å². The highest BCUT2D eigenvalue weighted by molar-refractivity contribution is 5.95. The maximum Gasteiger partial charge on any atom is 0.321 e. The third kappa shape index (κ3) is 3.45. The van der Waals surface area contributed by atoms with Crippen molar-refractivity contribution < 1.29 is 9.59 Å². The minimum Gasteiger partial charge on any atom is -0.335 e. The molecule has 2 aliphatic heterocycles. The maximum absolute atomic E-state index is 11.8. The number of urea groups is 1. The van der Waals surface area contributed by atoms with Gasteiger partial charge in [-0.2, -0.15) is 0 Å². The van der Waals surface area contributed by atoms with Crippen LogP contribution in [0.1, 0.15) is 19.3 Å². The van der Waals surface area contributed by atoms with E-state index in [1.54, 1.807) is 0 Å². The molecule has 3 amide bonds. The fraction of sp³-hybridized carbons (Fsp3) is 0.846. The Morgan fingerprint density at radius 1 is 1.16 bits per heavy atom. The first-order valence-corrected chi connectivity index (χ1v) is 7.24. The van der Waals surface area contributed by atoms with Gasteiger partial charge in [0.25, 0.3) is 0 Å². The summed E-state index contributed by atoms with van der Waals surface area (Å²) < 4.78 is 0. The number of likely N-dealkylation sites (tertiary alicyclic amines) is 1. The molecule has 0 radical (unpaired) electrons. The summed E-state index contributed by atoms with van der Waals surface area (Å²) in [7, 11) is 0. The van der Waals surface area contributed by atoms with Crippen molar-refractivity contribution in [2.24, 2.45) is 11.8 Å². The quantitative estimate of drug-likeness (QED) is 0.645. The normalized spacial score (nSPS) is 30.7. The van der Waals surface area contributed by atoms with Crippen LogP contribution in [0.5, 0.6) is 0 Å². The van der Waals surface area contributed by atoms with Crippen LogP contribution in [0.25, 0.3) is 0 Å². The maximum atomic E-state index is 11.8. The molecule has 0 bridgehead atoms. The third-order valence-corrected chi connectivity index (χ3v) is 4.32. The Morgan fingerprint density at radius 3 is 2.74 bits per heavy atom. The molecule has 19 heavy (non-hydrogen) atoms. The summed E-state index contributed by atoms with van der Waals surface area (Å²) in [5.41, 5.74) is 0. The van der Waals surface area contributed by atoms with Crippen LogP contribution in [0.15, 0.2) is 0 Å². The molecule has 1 saturated carbocycles. The van der Waals surface area contributed by atoms with Gasteiger partial charge in [-0.15, -0.1) is 0 Å². The van der Waals surface area contributed by atoms with Crippen LogP contribution in [0, 0.1) is 11.8 Å². The second-order valence-corrected chi connectivity index (χ2v) is 6.00. The molecule has 3 fully saturated rings. The summed E-state index contributed by atoms with van der Waals surface area (Å²) in [6, 6.07) is -0.0574. The van der Waals surface area contributed by atoms with E-state index in [9.17, 15) is 9.59 Å². The highest BCUT2D eigenvalue weighted by Crippen LogP contribution is 2.26. The molecule has 6 nitrogen and oxygen atoms in total. The Balaban J connectivity index is 1.40. The first kappa shape index (κ1) is 12.9. The Morgan fingerprint density at radius 2 is 1.95 bits per heavy atom. The van der Waals surface area contributed by atoms with Gasteiger partial charge in [-0.25, -0.2) is 4.79 Å². The smallest absolute Gasteiger partial charge is 0.321 e. The molecule has 2 unspecified atom stereocenters. The Kier molecular flexibility index (Phi) is 3.70. The van der Waals surface area contributed by atoms with E-state index in [1.165, 1.54) is 0 Å². The average molecular weight is 266 g/mol. The molecule has 3 rings (SSSR count). The van der Waals surface area contributed by atoms with Gasteiger partial charge >= 0.3 is 6.03 Å². The zero-order chi connectivity index (χ0) is 13.2. The van der Waals surface area contributed by atoms with Gasteiger partial charge in [0.2, 0.25) is 5.91 Å². The van der Waals surface area contributed by atoms with E-state index in [1.807, 2.05) is 0 Å². The van der Waals surface area contributed by atoms with Crippen LogP contribution >= 0.6 is 0 Å². The second-order valence-electron chi connectivity index (χ2n) is 6.00. The van der Waals surface area contributed by atoms with Crippen molar-refractivity contribution in [3.05, 3.63) is 0 Å². The molecule has 2 saturated heterocycles. The van der Waals surface area contributed by atoms with E-state index in [0.717, 1.165) is 51.4 Å². The monoisotopic (exact) mass is 266 g/mol. The number of amides is 3. The van der Waals surface area contributed by atoms with Gasteiger partial charge in [-0.05, 0) is 50.7 Å². The summed E-state index contributed by atoms with van der Waals surface area (Å²) in [6.07, 6.45) is 3.22. The van der Waals surface area contributed by atoms with E-state index < -0.39 is 0 Å². The zero-order valence-corrected chi connectivity index (χ0v) is 11.2. The van der Waals surface area contributed by atoms with Gasteiger partial charge in [-0.1, -0.05) is 0 Å². The number of fused-ring (bicyclic) bond motifs is 1. The van der Waals surface area contributed by atoms with Gasteiger partial charge in [0.15, 0.2) is 0 Å². The topological polar surface area (TPSA) is 73.5 Å². The third-order valence-electron chi connectivity index (χ3n) is 4.32. The number of rotatable bonds is 3. The molecule has 0 aromatic rings. The number of carbonyl (C=O) groups excluding carboxylic acids is 2. The number of nitrogens with zero attached hydrogens (tertiary/aromatic N) is 1. The van der Waals surface area contributed by atoms with Gasteiger partial charge in [0.05, 0.1) is 6.54 Å². The molecule has 2 heterocycles. The number of imide groups is 1. The number of nitrogens with one attached hydrogen (secondary N) is 3. The lowest BCUT2D eigenvalue weighted by atomic mass is 9.89. The molecule has 0 aromatic carbocycles. The average Bonchev–Trinajstić information content (AvgIpc) is 3.04. The molecular formula is C13H22N4O2. The van der Waals surface area contributed by atoms with Crippen LogP contribution in [-0.2, 0) is 4.79 Å². The number of piperidine rings is 1. The number of carbonyl (C=O) groups is 2. The van der Waals surface area contributed by atoms with E-state index >= 15 is 0 Å². The fourth-order valence-electron chi connectivity index (χ4n) is 3.07. The largest absolute Gasteiger partial charge is 0.335 e. The van der Waals surface area contributed by atoms with Crippen molar-refractivity contribution in [3.8, 4) is 0 Å². The van der Waals surface area contributed by atoms with Gasteiger partial charge in [0, 0.05) is 12.6 Å². The molecule has 6 heteroatoms. The SMILES string of the molecule is O=C(CN1CCC2CNCC2C1)NC(=O)NC1CC1. The molecule has 0 spiro atoms. The Bertz CT molecular complexity index is 370. The van der Waals surface area contributed by atoms with Crippen LogP contribution in [0.3, 0.4) is 0 Å². The van der Waals surface area contributed by atoms with Gasteiger partial charge < -0.3 is 10.6 Å². The summed E-state index contributed by atoms with van der Waals surface area (Å²) in [6.45, 7) is 4.44. The fourth-order valence-corrected chi connectivity index (χ4v) is 3.07. The van der Waals surface area contributed by atoms with E-state index in [2.05, 4.69) is 20.9 Å². The van der Waals surface area contributed by atoms with Crippen molar-refractivity contribution in [1.29, 1.82) is 0 Å². The van der Waals surface area contributed by atoms with E-state index in [0.29, 0.717) is 12.5 Å². The molecule has 1 aliphatic carbocycles. The summed E-state index contributed by atoms with van der Waals surface area (Å²) in [5.74, 6) is 1.25. The van der Waals surface area contributed by atoms with Gasteiger partial charge in [-0.3, -0.25) is 15.0 Å². The summed E-state index contributed by atoms with van der Waals surface area (Å²) in [4.78, 5) is 25.4. The molecule has 2 atom stereocenters. The lowest BCUT2D eigenvalue weighted by Crippen LogP contribution is -2.48. The highest BCUT2D eigenvalue weighted by Gasteiger charge is 2.33. The van der Waals surface area contributed by atoms with Crippen LogP contribution < -0.4 is 16.0 Å². The predicted molar refractivity (Wildman–Crippen MR) is 70.6 cm³/mol. The van der Waals surface area contributed by atoms with Crippen LogP contribution in [0.4, 0.5) is 4.79 Å². The first-order valence-electron chi connectivity index (χ1n) is 7.24. The lowest BCUT2D eigenvalue weighted by molar-refractivity contribution is -0.121. The zero-order valence-electron chi connectivity index (χ0n) is 11.2. The van der Waals surface area contributed by atoms with Crippen LogP contribution in [-0.4, -0.2) is 55.6 Å². The van der Waals surface area contributed by atoms with Crippen LogP contribution in [0.2, 0.25) is 0 Å². The first-order chi connectivity index (χ1) is 9.20. The van der Waals surface area contributed by atoms with E-state index in [-0.39, 0.29) is 18.0 Å². The van der Waals surface area contributed by atoms with Crippen molar-refractivity contribution in [3.63, 3.8) is 0 Å². The molecule has 3 aliphatic rings. The van der Waals surface area contributed by atoms with E-state index in [4.69, 9.17) is 0 Å². The second kappa shape index (κ2) is 5.46. The van der Waals surface area contributed by atoms with Gasteiger partial charge in [0.1, 0.15) is 0 Å². The summed E-state index contributed by atoms with van der Waals surface area (Å²) >= 11 is 0. The standard InChI is InChI=1S/C13H22N4O2/c18-12(16-13(19)15-11-1-2-11)8-17-4-3-9-5-14-6-10(9)7-17/h9-11,14H,1-8H2,(H2,15,16,18,19). The van der Waals surface area contributed by atoms with Crippen molar-refractivity contribution in [2.45, 2.75) is 25.3 Å². The Labute approximate surface area is 113 Å². The minimum absolute atomic E-state index is 0.192. The number of hydrogen-bond donors (Lipinski definition) is 3.